The van der Waals surface area contributed by atoms with Gasteiger partial charge in [0.2, 0.25) is 5.91 Å². The number of rotatable bonds is 13. The van der Waals surface area contributed by atoms with Crippen LogP contribution in [0.1, 0.15) is 52.5 Å². The average molecular weight is 511 g/mol. The molecule has 1 fully saturated rings. The minimum Gasteiger partial charge on any atom is -0.480 e. The normalized spacial score (nSPS) is 19.3. The Balaban J connectivity index is 2.17. The van der Waals surface area contributed by atoms with Crippen LogP contribution in [-0.4, -0.2) is 74.7 Å². The molecule has 0 aromatic heterocycles. The molecule has 0 aliphatic carbocycles. The van der Waals surface area contributed by atoms with Gasteiger partial charge < -0.3 is 14.7 Å². The number of thioether (sulfide) groups is 2. The smallest absolute Gasteiger partial charge is 0.326 e. The molecule has 1 aliphatic heterocycles. The summed E-state index contributed by atoms with van der Waals surface area (Å²) in [6.45, 7) is 8.25. The Labute approximate surface area is 211 Å². The van der Waals surface area contributed by atoms with Gasteiger partial charge in [0.1, 0.15) is 12.1 Å². The molecule has 1 aromatic rings. The Kier molecular flexibility index (Phi) is 11.7. The predicted molar refractivity (Wildman–Crippen MR) is 139 cm³/mol. The van der Waals surface area contributed by atoms with Crippen LogP contribution in [0.2, 0.25) is 0 Å². The molecule has 1 heterocycles. The fourth-order valence-corrected chi connectivity index (χ4v) is 7.42. The molecule has 9 heteroatoms. The fourth-order valence-electron chi connectivity index (χ4n) is 4.34. The first-order chi connectivity index (χ1) is 16.3. The lowest BCUT2D eigenvalue weighted by Crippen LogP contribution is -2.60. The largest absolute Gasteiger partial charge is 0.480 e. The molecule has 0 saturated carbocycles. The fraction of sp³-hybridized carbons (Fsp3) is 0.640. The topological polar surface area (TPSA) is 95.9 Å². The van der Waals surface area contributed by atoms with Crippen LogP contribution in [0.3, 0.4) is 0 Å². The minimum atomic E-state index is -0.983. The zero-order valence-electron chi connectivity index (χ0n) is 20.6. The second-order valence-electron chi connectivity index (χ2n) is 8.35. The highest BCUT2D eigenvalue weighted by atomic mass is 32.2. The van der Waals surface area contributed by atoms with Crippen molar-refractivity contribution >= 4 is 41.4 Å². The second kappa shape index (κ2) is 14.0. The van der Waals surface area contributed by atoms with Gasteiger partial charge in [0.25, 0.3) is 0 Å². The van der Waals surface area contributed by atoms with Crippen molar-refractivity contribution in [3.8, 4) is 0 Å². The van der Waals surface area contributed by atoms with E-state index in [9.17, 15) is 19.5 Å². The van der Waals surface area contributed by atoms with Gasteiger partial charge >= 0.3 is 11.9 Å². The van der Waals surface area contributed by atoms with Crippen molar-refractivity contribution in [2.24, 2.45) is 0 Å². The molecule has 34 heavy (non-hydrogen) atoms. The number of nitrogens with zero attached hydrogens (tertiary/aromatic N) is 1. The maximum Gasteiger partial charge on any atom is 0.326 e. The molecule has 7 nitrogen and oxygen atoms in total. The van der Waals surface area contributed by atoms with Crippen LogP contribution in [-0.2, 0) is 25.5 Å². The van der Waals surface area contributed by atoms with E-state index in [1.165, 1.54) is 4.90 Å². The molecule has 1 saturated heterocycles. The summed E-state index contributed by atoms with van der Waals surface area (Å²) in [4.78, 5) is 39.7. The minimum absolute atomic E-state index is 0.210. The van der Waals surface area contributed by atoms with Crippen molar-refractivity contribution in [1.82, 2.24) is 10.2 Å². The lowest BCUT2D eigenvalue weighted by molar-refractivity contribution is -0.153. The maximum atomic E-state index is 13.5. The third kappa shape index (κ3) is 7.92. The SMILES string of the molecule is CCOC(=O)[C@H](CCc1ccccc1)NC(C)C(=O)N1CC(SCC)(SCC)CC[C@H]1C(=O)O. The molecule has 2 N–H and O–H groups in total. The van der Waals surface area contributed by atoms with Crippen molar-refractivity contribution in [1.29, 1.82) is 0 Å². The van der Waals surface area contributed by atoms with E-state index >= 15 is 0 Å². The van der Waals surface area contributed by atoms with Crippen molar-refractivity contribution in [2.75, 3.05) is 24.7 Å². The summed E-state index contributed by atoms with van der Waals surface area (Å²) < 4.78 is 5.04. The number of piperidine rings is 1. The van der Waals surface area contributed by atoms with Crippen LogP contribution in [0, 0.1) is 0 Å². The Morgan fingerprint density at radius 1 is 1.18 bits per heavy atom. The maximum absolute atomic E-state index is 13.5. The molecule has 1 amide bonds. The number of hydrogen-bond donors (Lipinski definition) is 2. The molecule has 0 radical (unpaired) electrons. The summed E-state index contributed by atoms with van der Waals surface area (Å²) in [6.07, 6.45) is 2.30. The van der Waals surface area contributed by atoms with Crippen molar-refractivity contribution in [3.63, 3.8) is 0 Å². The van der Waals surface area contributed by atoms with E-state index in [2.05, 4.69) is 19.2 Å². The van der Waals surface area contributed by atoms with E-state index in [0.29, 0.717) is 25.8 Å². The van der Waals surface area contributed by atoms with Gasteiger partial charge in [0, 0.05) is 6.54 Å². The van der Waals surface area contributed by atoms with Gasteiger partial charge in [-0.15, -0.1) is 23.5 Å². The molecular formula is C25H38N2O5S2. The lowest BCUT2D eigenvalue weighted by Gasteiger charge is -2.45. The number of esters is 1. The average Bonchev–Trinajstić information content (AvgIpc) is 2.82. The molecule has 2 rings (SSSR count). The van der Waals surface area contributed by atoms with Gasteiger partial charge in [-0.2, -0.15) is 0 Å². The number of benzene rings is 1. The first kappa shape index (κ1) is 28.5. The van der Waals surface area contributed by atoms with Crippen molar-refractivity contribution in [2.45, 2.75) is 75.6 Å². The number of likely N-dealkylation sites (tertiary alicyclic amines) is 1. The van der Waals surface area contributed by atoms with Gasteiger partial charge in [0.15, 0.2) is 0 Å². The number of aryl methyl sites for hydroxylation is 1. The number of carbonyl (C=O) groups is 3. The monoisotopic (exact) mass is 510 g/mol. The number of aliphatic carboxylic acids is 1. The summed E-state index contributed by atoms with van der Waals surface area (Å²) in [5.41, 5.74) is 1.09. The summed E-state index contributed by atoms with van der Waals surface area (Å²) in [6, 6.07) is 7.60. The summed E-state index contributed by atoms with van der Waals surface area (Å²) >= 11 is 3.57. The van der Waals surface area contributed by atoms with Crippen LogP contribution in [0.4, 0.5) is 0 Å². The number of carbonyl (C=O) groups excluding carboxylic acids is 2. The van der Waals surface area contributed by atoms with E-state index in [1.807, 2.05) is 30.3 Å². The Morgan fingerprint density at radius 3 is 2.38 bits per heavy atom. The number of nitrogens with one attached hydrogen (secondary N) is 1. The highest BCUT2D eigenvalue weighted by Crippen LogP contribution is 2.45. The van der Waals surface area contributed by atoms with Gasteiger partial charge in [-0.25, -0.2) is 4.79 Å². The Bertz CT molecular complexity index is 802. The predicted octanol–water partition coefficient (Wildman–Crippen LogP) is 3.81. The van der Waals surface area contributed by atoms with Gasteiger partial charge in [-0.05, 0) is 56.6 Å². The van der Waals surface area contributed by atoms with E-state index < -0.39 is 30.1 Å². The van der Waals surface area contributed by atoms with E-state index in [0.717, 1.165) is 23.5 Å². The Morgan fingerprint density at radius 2 is 1.82 bits per heavy atom. The second-order valence-corrected chi connectivity index (χ2v) is 11.9. The first-order valence-electron chi connectivity index (χ1n) is 12.0. The van der Waals surface area contributed by atoms with Crippen LogP contribution in [0.15, 0.2) is 30.3 Å². The number of hydrogen-bond acceptors (Lipinski definition) is 7. The third-order valence-corrected chi connectivity index (χ3v) is 8.93. The number of amides is 1. The van der Waals surface area contributed by atoms with Crippen LogP contribution in [0.25, 0.3) is 0 Å². The first-order valence-corrected chi connectivity index (χ1v) is 14.0. The number of carboxylic acids is 1. The molecule has 0 bridgehead atoms. The molecule has 3 atom stereocenters. The van der Waals surface area contributed by atoms with Gasteiger partial charge in [-0.1, -0.05) is 44.2 Å². The van der Waals surface area contributed by atoms with E-state index in [-0.39, 0.29) is 16.6 Å². The van der Waals surface area contributed by atoms with Crippen LogP contribution < -0.4 is 5.32 Å². The molecule has 0 spiro atoms. The standard InChI is InChI=1S/C25H38N2O5S2/c1-5-32-24(31)20(14-13-19-11-9-8-10-12-19)26-18(4)22(28)27-17-25(33-6-2,34-7-3)16-15-21(27)23(29)30/h8-12,18,20-21,26H,5-7,13-17H2,1-4H3,(H,29,30)/t18?,20-,21-/m0/s1. The molecule has 1 aromatic carbocycles. The summed E-state index contributed by atoms with van der Waals surface area (Å²) in [7, 11) is 0. The summed E-state index contributed by atoms with van der Waals surface area (Å²) in [5.74, 6) is 0.113. The molecule has 1 aliphatic rings. The zero-order chi connectivity index (χ0) is 25.1. The lowest BCUT2D eigenvalue weighted by atomic mass is 9.99. The zero-order valence-corrected chi connectivity index (χ0v) is 22.3. The highest BCUT2D eigenvalue weighted by molar-refractivity contribution is 8.18. The molecular weight excluding hydrogens is 472 g/mol. The number of carboxylic acid groups (broad SMARTS) is 1. The highest BCUT2D eigenvalue weighted by Gasteiger charge is 2.45. The third-order valence-electron chi connectivity index (χ3n) is 5.93. The number of ether oxygens (including phenoxy) is 1. The van der Waals surface area contributed by atoms with Crippen LogP contribution in [0.5, 0.6) is 0 Å². The Hall–Kier alpha value is -1.71. The molecule has 190 valence electrons. The van der Waals surface area contributed by atoms with Gasteiger partial charge in [-0.3, -0.25) is 14.9 Å². The van der Waals surface area contributed by atoms with Crippen LogP contribution >= 0.6 is 23.5 Å². The van der Waals surface area contributed by atoms with E-state index in [1.54, 1.807) is 37.4 Å². The summed E-state index contributed by atoms with van der Waals surface area (Å²) in [5, 5.41) is 13.0. The van der Waals surface area contributed by atoms with E-state index in [4.69, 9.17) is 4.74 Å². The van der Waals surface area contributed by atoms with Crippen molar-refractivity contribution in [3.05, 3.63) is 35.9 Å². The van der Waals surface area contributed by atoms with Crippen molar-refractivity contribution < 1.29 is 24.2 Å². The van der Waals surface area contributed by atoms with Gasteiger partial charge in [0.05, 0.1) is 16.7 Å². The quantitative estimate of drug-likeness (QED) is 0.306. The molecule has 1 unspecified atom stereocenters.